The molecule has 2 aromatic carbocycles. The van der Waals surface area contributed by atoms with E-state index in [0.29, 0.717) is 0 Å². The Morgan fingerprint density at radius 2 is 1.62 bits per heavy atom. The van der Waals surface area contributed by atoms with Gasteiger partial charge in [-0.25, -0.2) is 0 Å². The van der Waals surface area contributed by atoms with Crippen molar-refractivity contribution in [2.24, 2.45) is 5.73 Å². The van der Waals surface area contributed by atoms with Crippen LogP contribution >= 0.6 is 0 Å². The van der Waals surface area contributed by atoms with Crippen LogP contribution in [0.3, 0.4) is 0 Å². The molecule has 0 saturated heterocycles. The number of nitrogens with zero attached hydrogens (tertiary/aromatic N) is 1. The largest absolute Gasteiger partial charge is 0.550 e. The fourth-order valence-corrected chi connectivity index (χ4v) is 4.48. The molecular formula is C20H17F6N2O3S+. The normalized spacial score (nSPS) is 19.5. The van der Waals surface area contributed by atoms with E-state index in [0.717, 1.165) is 36.5 Å². The quantitative estimate of drug-likeness (QED) is 0.481. The Morgan fingerprint density at radius 3 is 2.19 bits per heavy atom. The molecule has 2 aromatic rings. The van der Waals surface area contributed by atoms with Crippen molar-refractivity contribution in [2.45, 2.75) is 11.7 Å². The molecule has 0 fully saturated rings. The minimum atomic E-state index is -5.76. The standard InChI is InChI=1S/C20H17F6N2O3S/c21-19(22,23)15-4-1-5-18(11-15)31-17-8-6-16(7-9-17)28(32(29,30)20(24,25)26)10-2-3-14(12-27)13-28/h1-9,11,13H,10,12,27H2/q+1. The maximum absolute atomic E-state index is 13.5. The molecule has 32 heavy (non-hydrogen) atoms. The molecule has 2 N–H and O–H groups in total. The number of rotatable bonds is 5. The third-order valence-corrected chi connectivity index (χ3v) is 6.62. The molecule has 12 heteroatoms. The first kappa shape index (κ1) is 23.8. The Labute approximate surface area is 179 Å². The van der Waals surface area contributed by atoms with Crippen molar-refractivity contribution in [1.29, 1.82) is 0 Å². The Morgan fingerprint density at radius 1 is 0.969 bits per heavy atom. The summed E-state index contributed by atoms with van der Waals surface area (Å²) in [4.78, 5) is 0. The predicted molar refractivity (Wildman–Crippen MR) is 106 cm³/mol. The first-order valence-corrected chi connectivity index (χ1v) is 10.5. The van der Waals surface area contributed by atoms with Gasteiger partial charge >= 0.3 is 21.7 Å². The van der Waals surface area contributed by atoms with E-state index >= 15 is 0 Å². The first-order valence-electron chi connectivity index (χ1n) is 9.03. The van der Waals surface area contributed by atoms with Gasteiger partial charge in [0.1, 0.15) is 24.2 Å². The Balaban J connectivity index is 2.00. The molecule has 0 spiro atoms. The molecule has 1 heterocycles. The highest BCUT2D eigenvalue weighted by molar-refractivity contribution is 7.91. The lowest BCUT2D eigenvalue weighted by molar-refractivity contribution is -0.137. The molecule has 0 bridgehead atoms. The van der Waals surface area contributed by atoms with Crippen molar-refractivity contribution in [3.05, 3.63) is 78.0 Å². The van der Waals surface area contributed by atoms with Crippen LogP contribution in [-0.2, 0) is 16.2 Å². The van der Waals surface area contributed by atoms with E-state index in [1.54, 1.807) is 0 Å². The van der Waals surface area contributed by atoms with Gasteiger partial charge in [0.2, 0.25) is 0 Å². The second-order valence-corrected chi connectivity index (χ2v) is 8.90. The molecule has 0 saturated carbocycles. The van der Waals surface area contributed by atoms with Gasteiger partial charge in [0.15, 0.2) is 5.69 Å². The highest BCUT2D eigenvalue weighted by Crippen LogP contribution is 2.41. The van der Waals surface area contributed by atoms with Gasteiger partial charge in [-0.3, -0.25) is 0 Å². The molecule has 1 unspecified atom stereocenters. The fourth-order valence-electron chi connectivity index (χ4n) is 3.15. The van der Waals surface area contributed by atoms with Gasteiger partial charge in [-0.05, 0) is 36.4 Å². The van der Waals surface area contributed by atoms with Crippen molar-refractivity contribution in [1.82, 2.24) is 3.89 Å². The van der Waals surface area contributed by atoms with Crippen LogP contribution in [0.25, 0.3) is 0 Å². The Hall–Kier alpha value is -2.83. The highest BCUT2D eigenvalue weighted by Gasteiger charge is 2.61. The lowest BCUT2D eigenvalue weighted by atomic mass is 10.2. The lowest BCUT2D eigenvalue weighted by Crippen LogP contribution is -2.56. The number of nitrogens with two attached hydrogens (primary N) is 1. The summed E-state index contributed by atoms with van der Waals surface area (Å²) < 4.78 is 108. The third-order valence-electron chi connectivity index (χ3n) is 4.71. The summed E-state index contributed by atoms with van der Waals surface area (Å²) in [5, 5.41) is 0. The van der Waals surface area contributed by atoms with Gasteiger partial charge in [0.05, 0.1) is 5.56 Å². The van der Waals surface area contributed by atoms with Crippen LogP contribution in [0.5, 0.6) is 11.5 Å². The number of hydrogen-bond donors (Lipinski definition) is 1. The van der Waals surface area contributed by atoms with Crippen LogP contribution in [0.1, 0.15) is 5.56 Å². The number of ether oxygens (including phenoxy) is 1. The van der Waals surface area contributed by atoms with Gasteiger partial charge in [-0.15, -0.1) is 3.89 Å². The minimum absolute atomic E-state index is 0.00575. The summed E-state index contributed by atoms with van der Waals surface area (Å²) in [6, 6.07) is 8.61. The van der Waals surface area contributed by atoms with E-state index in [1.807, 2.05) is 0 Å². The maximum Gasteiger partial charge on any atom is 0.550 e. The van der Waals surface area contributed by atoms with Gasteiger partial charge in [0.25, 0.3) is 0 Å². The van der Waals surface area contributed by atoms with Crippen molar-refractivity contribution >= 4 is 15.7 Å². The highest BCUT2D eigenvalue weighted by atomic mass is 32.2. The minimum Gasteiger partial charge on any atom is -0.457 e. The average Bonchev–Trinajstić information content (AvgIpc) is 2.73. The molecular weight excluding hydrogens is 462 g/mol. The number of hydrogen-bond acceptors (Lipinski definition) is 4. The van der Waals surface area contributed by atoms with E-state index in [9.17, 15) is 34.8 Å². The smallest absolute Gasteiger partial charge is 0.457 e. The van der Waals surface area contributed by atoms with E-state index in [4.69, 9.17) is 10.5 Å². The van der Waals surface area contributed by atoms with E-state index < -0.39 is 37.7 Å². The molecule has 3 rings (SSSR count). The zero-order valence-electron chi connectivity index (χ0n) is 16.2. The van der Waals surface area contributed by atoms with Crippen molar-refractivity contribution < 1.29 is 39.5 Å². The zero-order valence-corrected chi connectivity index (χ0v) is 17.0. The number of benzene rings is 2. The summed E-state index contributed by atoms with van der Waals surface area (Å²) in [6.07, 6.45) is -0.946. The van der Waals surface area contributed by atoms with Crippen LogP contribution in [0.15, 0.2) is 72.5 Å². The van der Waals surface area contributed by atoms with Crippen LogP contribution < -0.4 is 14.4 Å². The van der Waals surface area contributed by atoms with Crippen molar-refractivity contribution in [3.63, 3.8) is 0 Å². The zero-order chi connectivity index (χ0) is 23.8. The van der Waals surface area contributed by atoms with Gasteiger partial charge in [-0.2, -0.15) is 34.8 Å². The van der Waals surface area contributed by atoms with E-state index in [-0.39, 0.29) is 29.3 Å². The van der Waals surface area contributed by atoms with Crippen LogP contribution in [0, 0.1) is 0 Å². The molecule has 172 valence electrons. The molecule has 0 aliphatic carbocycles. The summed E-state index contributed by atoms with van der Waals surface area (Å²) >= 11 is 0. The molecule has 5 nitrogen and oxygen atoms in total. The van der Waals surface area contributed by atoms with Crippen LogP contribution in [-0.4, -0.2) is 27.0 Å². The summed E-state index contributed by atoms with van der Waals surface area (Å²) in [5.41, 5.74) is -1.04. The van der Waals surface area contributed by atoms with Crippen LogP contribution in [0.2, 0.25) is 0 Å². The van der Waals surface area contributed by atoms with Gasteiger partial charge in [0, 0.05) is 24.3 Å². The Bertz CT molecular complexity index is 1160. The van der Waals surface area contributed by atoms with E-state index in [1.165, 1.54) is 30.4 Å². The molecule has 0 amide bonds. The summed E-state index contributed by atoms with van der Waals surface area (Å²) in [6.45, 7) is -0.709. The van der Waals surface area contributed by atoms with Crippen molar-refractivity contribution in [2.75, 3.05) is 13.1 Å². The van der Waals surface area contributed by atoms with Gasteiger partial charge in [-0.1, -0.05) is 12.1 Å². The monoisotopic (exact) mass is 479 g/mol. The summed E-state index contributed by atoms with van der Waals surface area (Å²) in [7, 11) is -5.76. The second-order valence-electron chi connectivity index (χ2n) is 6.83. The average molecular weight is 479 g/mol. The van der Waals surface area contributed by atoms with Crippen LogP contribution in [0.4, 0.5) is 32.0 Å². The SMILES string of the molecule is NCC1=C[N+](c2ccc(Oc3cccc(C(F)(F)F)c3)cc2)(S(=O)(=O)C(F)(F)F)CC=C1. The molecule has 1 aliphatic rings. The number of quaternary nitrogens is 1. The predicted octanol–water partition coefficient (Wildman–Crippen LogP) is 5.07. The maximum atomic E-state index is 13.5. The molecule has 0 aromatic heterocycles. The van der Waals surface area contributed by atoms with E-state index in [2.05, 4.69) is 0 Å². The third kappa shape index (κ3) is 4.38. The second kappa shape index (κ2) is 8.26. The fraction of sp³-hybridized carbons (Fsp3) is 0.200. The number of halogens is 6. The van der Waals surface area contributed by atoms with Crippen molar-refractivity contribution in [3.8, 4) is 11.5 Å². The van der Waals surface area contributed by atoms with Gasteiger partial charge < -0.3 is 10.5 Å². The Kier molecular flexibility index (Phi) is 6.15. The molecule has 1 atom stereocenters. The molecule has 0 radical (unpaired) electrons. The lowest BCUT2D eigenvalue weighted by Gasteiger charge is -2.34. The summed E-state index contributed by atoms with van der Waals surface area (Å²) in [5.74, 6) is -0.142. The topological polar surface area (TPSA) is 69.4 Å². The first-order chi connectivity index (χ1) is 14.8. The number of sulfonamides is 1. The molecule has 1 aliphatic heterocycles. The number of alkyl halides is 6.